The second kappa shape index (κ2) is 33.3. The van der Waals surface area contributed by atoms with Crippen molar-refractivity contribution in [3.63, 3.8) is 0 Å². The number of aromatic hydroxyl groups is 2. The Kier molecular flexibility index (Phi) is 27.9. The number of unbranched alkanes of at least 4 members (excludes halogenated alkanes) is 28. The minimum atomic E-state index is 0.316. The molecule has 0 aliphatic heterocycles. The zero-order valence-electron chi connectivity index (χ0n) is 42.1. The summed E-state index contributed by atoms with van der Waals surface area (Å²) < 4.78 is 0. The van der Waals surface area contributed by atoms with E-state index in [1.54, 1.807) is 0 Å². The molecular weight excluding hydrogens is 781 g/mol. The second-order valence-corrected chi connectivity index (χ2v) is 20.0. The molecule has 0 radical (unpaired) electrons. The maximum atomic E-state index is 11.9. The van der Waals surface area contributed by atoms with Crippen LogP contribution in [0.1, 0.15) is 267 Å². The van der Waals surface area contributed by atoms with Crippen molar-refractivity contribution in [3.8, 4) is 11.5 Å². The molecule has 0 fully saturated rings. The predicted octanol–water partition coefficient (Wildman–Crippen LogP) is 18.7. The van der Waals surface area contributed by atoms with Gasteiger partial charge in [0.2, 0.25) is 0 Å². The minimum Gasteiger partial charge on any atom is -0.505 e. The van der Waals surface area contributed by atoms with Gasteiger partial charge in [0.15, 0.2) is 0 Å². The molecule has 0 saturated heterocycles. The lowest BCUT2D eigenvalue weighted by molar-refractivity contribution is 0.467. The lowest BCUT2D eigenvalue weighted by Gasteiger charge is -2.16. The van der Waals surface area contributed by atoms with Crippen molar-refractivity contribution < 1.29 is 10.2 Å². The molecule has 0 saturated carbocycles. The molecule has 4 rings (SSSR count). The zero-order valence-corrected chi connectivity index (χ0v) is 42.1. The number of hydrogen-bond donors (Lipinski definition) is 2. The maximum absolute atomic E-state index is 11.9. The molecule has 2 heterocycles. The van der Waals surface area contributed by atoms with E-state index in [0.717, 1.165) is 71.5 Å². The van der Waals surface area contributed by atoms with Crippen molar-refractivity contribution in [2.75, 3.05) is 0 Å². The van der Waals surface area contributed by atoms with E-state index in [9.17, 15) is 10.2 Å². The molecule has 0 spiro atoms. The third kappa shape index (κ3) is 19.8. The van der Waals surface area contributed by atoms with Crippen LogP contribution in [-0.2, 0) is 38.5 Å². The number of pyridine rings is 2. The SMILES string of the molecule is CCCCCCCCCCc1cnc2c(O)c(CCc3cc(CCCCCCCCCC)c4cc(CCCCCCCCCC)cnc4c3O)cc(CCCCCCCCCC)c2c1. The van der Waals surface area contributed by atoms with Crippen LogP contribution >= 0.6 is 0 Å². The lowest BCUT2D eigenvalue weighted by atomic mass is 9.92. The van der Waals surface area contributed by atoms with Crippen LogP contribution in [0, 0.1) is 0 Å². The molecule has 358 valence electrons. The standard InChI is InChI=1S/C60H96N2O2/c1-5-9-13-17-21-25-29-33-37-49-43-55-51(39-35-31-27-23-19-15-11-7-3)45-53(59(63)57(55)61-47-49)41-42-54-46-52(40-36-32-28-24-20-16-12-8-4)56-44-50(48-62-58(56)60(54)64)38-34-30-26-22-18-14-10-6-2/h43-48,63-64H,5-42H2,1-4H3. The summed E-state index contributed by atoms with van der Waals surface area (Å²) in [6.07, 6.45) is 51.4. The predicted molar refractivity (Wildman–Crippen MR) is 279 cm³/mol. The quantitative estimate of drug-likeness (QED) is 0.0438. The summed E-state index contributed by atoms with van der Waals surface area (Å²) >= 11 is 0. The highest BCUT2D eigenvalue weighted by Gasteiger charge is 2.18. The van der Waals surface area contributed by atoms with Gasteiger partial charge in [-0.1, -0.05) is 220 Å². The molecule has 4 aromatic rings. The largest absolute Gasteiger partial charge is 0.505 e. The summed E-state index contributed by atoms with van der Waals surface area (Å²) in [5.74, 6) is 0.632. The first-order chi connectivity index (χ1) is 31.5. The Balaban J connectivity index is 1.51. The summed E-state index contributed by atoms with van der Waals surface area (Å²) in [6.45, 7) is 9.15. The number of rotatable bonds is 39. The van der Waals surface area contributed by atoms with Crippen molar-refractivity contribution >= 4 is 21.8 Å². The molecular formula is C60H96N2O2. The fourth-order valence-corrected chi connectivity index (χ4v) is 10.1. The number of hydrogen-bond acceptors (Lipinski definition) is 4. The molecule has 0 atom stereocenters. The lowest BCUT2D eigenvalue weighted by Crippen LogP contribution is -2.01. The molecule has 4 nitrogen and oxygen atoms in total. The Morgan fingerprint density at radius 1 is 0.297 bits per heavy atom. The van der Waals surface area contributed by atoms with Crippen molar-refractivity contribution in [1.29, 1.82) is 0 Å². The molecule has 0 aliphatic carbocycles. The number of phenols is 2. The summed E-state index contributed by atoms with van der Waals surface area (Å²) in [7, 11) is 0. The van der Waals surface area contributed by atoms with Crippen molar-refractivity contribution in [1.82, 2.24) is 9.97 Å². The van der Waals surface area contributed by atoms with Gasteiger partial charge in [-0.25, -0.2) is 0 Å². The summed E-state index contributed by atoms with van der Waals surface area (Å²) in [6, 6.07) is 9.26. The van der Waals surface area contributed by atoms with E-state index in [0.29, 0.717) is 24.3 Å². The molecule has 0 bridgehead atoms. The first kappa shape index (κ1) is 53.5. The van der Waals surface area contributed by atoms with Crippen molar-refractivity contribution in [2.45, 2.75) is 272 Å². The molecule has 64 heavy (non-hydrogen) atoms. The highest BCUT2D eigenvalue weighted by molar-refractivity contribution is 5.90. The van der Waals surface area contributed by atoms with Crippen LogP contribution in [0.25, 0.3) is 21.8 Å². The van der Waals surface area contributed by atoms with Crippen molar-refractivity contribution in [2.24, 2.45) is 0 Å². The van der Waals surface area contributed by atoms with Gasteiger partial charge >= 0.3 is 0 Å². The van der Waals surface area contributed by atoms with Gasteiger partial charge in [-0.3, -0.25) is 9.97 Å². The van der Waals surface area contributed by atoms with Crippen LogP contribution in [0.2, 0.25) is 0 Å². The highest BCUT2D eigenvalue weighted by Crippen LogP contribution is 2.36. The summed E-state index contributed by atoms with van der Waals surface area (Å²) in [4.78, 5) is 9.96. The third-order valence-corrected chi connectivity index (χ3v) is 14.2. The van der Waals surface area contributed by atoms with E-state index in [1.807, 2.05) is 12.4 Å². The zero-order chi connectivity index (χ0) is 45.5. The summed E-state index contributed by atoms with van der Waals surface area (Å²) in [5.41, 5.74) is 8.62. The van der Waals surface area contributed by atoms with Crippen molar-refractivity contribution in [3.05, 3.63) is 70.0 Å². The molecule has 4 heteroatoms. The number of fused-ring (bicyclic) bond motifs is 2. The van der Waals surface area contributed by atoms with E-state index >= 15 is 0 Å². The number of nitrogens with zero attached hydrogens (tertiary/aromatic N) is 2. The van der Waals surface area contributed by atoms with E-state index in [2.05, 4.69) is 52.0 Å². The van der Waals surface area contributed by atoms with E-state index in [4.69, 9.17) is 9.97 Å². The van der Waals surface area contributed by atoms with Gasteiger partial charge in [-0.05, 0) is 110 Å². The Morgan fingerprint density at radius 2 is 0.562 bits per heavy atom. The van der Waals surface area contributed by atoms with Gasteiger partial charge < -0.3 is 10.2 Å². The van der Waals surface area contributed by atoms with E-state index in [-0.39, 0.29) is 0 Å². The van der Waals surface area contributed by atoms with Crippen LogP contribution in [0.15, 0.2) is 36.7 Å². The minimum absolute atomic E-state index is 0.316. The van der Waals surface area contributed by atoms with Crippen LogP contribution in [0.3, 0.4) is 0 Å². The van der Waals surface area contributed by atoms with Gasteiger partial charge in [0, 0.05) is 23.2 Å². The normalized spacial score (nSPS) is 11.8. The molecule has 0 unspecified atom stereocenters. The van der Waals surface area contributed by atoms with Crippen LogP contribution < -0.4 is 0 Å². The highest BCUT2D eigenvalue weighted by atomic mass is 16.3. The van der Waals surface area contributed by atoms with Gasteiger partial charge in [0.25, 0.3) is 0 Å². The second-order valence-electron chi connectivity index (χ2n) is 20.0. The Labute approximate surface area is 393 Å². The number of benzene rings is 2. The smallest absolute Gasteiger partial charge is 0.145 e. The van der Waals surface area contributed by atoms with Gasteiger partial charge in [0.1, 0.15) is 22.5 Å². The topological polar surface area (TPSA) is 66.2 Å². The van der Waals surface area contributed by atoms with Gasteiger partial charge in [0.05, 0.1) is 0 Å². The first-order valence-electron chi connectivity index (χ1n) is 27.7. The fourth-order valence-electron chi connectivity index (χ4n) is 10.1. The van der Waals surface area contributed by atoms with Crippen LogP contribution in [0.4, 0.5) is 0 Å². The monoisotopic (exact) mass is 877 g/mol. The first-order valence-corrected chi connectivity index (χ1v) is 27.7. The van der Waals surface area contributed by atoms with E-state index < -0.39 is 0 Å². The fraction of sp³-hybridized carbons (Fsp3) is 0.700. The molecule has 2 aromatic carbocycles. The summed E-state index contributed by atoms with van der Waals surface area (Å²) in [5, 5.41) is 26.0. The molecule has 2 N–H and O–H groups in total. The Bertz CT molecular complexity index is 1700. The average Bonchev–Trinajstić information content (AvgIpc) is 3.31. The molecule has 0 amide bonds. The number of aryl methyl sites for hydroxylation is 6. The maximum Gasteiger partial charge on any atom is 0.145 e. The van der Waals surface area contributed by atoms with Gasteiger partial charge in [-0.2, -0.15) is 0 Å². The molecule has 2 aromatic heterocycles. The Morgan fingerprint density at radius 3 is 0.859 bits per heavy atom. The third-order valence-electron chi connectivity index (χ3n) is 14.2. The van der Waals surface area contributed by atoms with Crippen LogP contribution in [0.5, 0.6) is 11.5 Å². The molecule has 0 aliphatic rings. The number of aromatic nitrogens is 2. The average molecular weight is 877 g/mol. The van der Waals surface area contributed by atoms with Crippen LogP contribution in [-0.4, -0.2) is 20.2 Å². The Hall–Kier alpha value is -3.14. The number of phenolic OH excluding ortho intramolecular Hbond substituents is 2. The van der Waals surface area contributed by atoms with E-state index in [1.165, 1.54) is 215 Å². The van der Waals surface area contributed by atoms with Gasteiger partial charge in [-0.15, -0.1) is 0 Å².